The highest BCUT2D eigenvalue weighted by Gasteiger charge is 2.40. The molecule has 10 heteroatoms. The topological polar surface area (TPSA) is 137 Å². The van der Waals surface area contributed by atoms with E-state index in [-0.39, 0.29) is 11.6 Å². The van der Waals surface area contributed by atoms with Crippen molar-refractivity contribution in [1.82, 2.24) is 10.6 Å². The van der Waals surface area contributed by atoms with Gasteiger partial charge in [0.25, 0.3) is 0 Å². The standard InChI is InChI=1S/C38H40N2O8/c1-37(2)35(43)27(25-19-29-23(17-31(25)47-37)11-13-33(41)45-29)21-39-15-9-7-5-6-8-10-16-40-22-28-26-20-30-24(12-14-34(42)46-30)18-32(26)48-38(3,4)36(28)44/h11-14,17-22,39-40H,5-10,15-16H2,1-4H3. The van der Waals surface area contributed by atoms with Crippen LogP contribution >= 0.6 is 0 Å². The molecular formula is C38H40N2O8. The molecule has 4 aromatic rings. The maximum atomic E-state index is 13.2. The summed E-state index contributed by atoms with van der Waals surface area (Å²) >= 11 is 0. The Hall–Kier alpha value is -5.12. The number of benzene rings is 2. The van der Waals surface area contributed by atoms with Crippen LogP contribution in [0.4, 0.5) is 0 Å². The molecule has 2 aliphatic rings. The molecule has 0 saturated carbocycles. The Morgan fingerprint density at radius 2 is 0.958 bits per heavy atom. The molecule has 0 aliphatic carbocycles. The first-order valence-electron chi connectivity index (χ1n) is 16.4. The maximum absolute atomic E-state index is 13.2. The van der Waals surface area contributed by atoms with E-state index >= 15 is 0 Å². The highest BCUT2D eigenvalue weighted by molar-refractivity contribution is 6.27. The number of ether oxygens (including phenoxy) is 2. The third-order valence-electron chi connectivity index (χ3n) is 8.72. The van der Waals surface area contributed by atoms with Gasteiger partial charge in [0.1, 0.15) is 22.7 Å². The first-order valence-corrected chi connectivity index (χ1v) is 16.4. The van der Waals surface area contributed by atoms with Crippen molar-refractivity contribution in [2.45, 2.75) is 77.4 Å². The lowest BCUT2D eigenvalue weighted by molar-refractivity contribution is -0.127. The Balaban J connectivity index is 0.959. The van der Waals surface area contributed by atoms with Crippen LogP contribution in [0.3, 0.4) is 0 Å². The highest BCUT2D eigenvalue weighted by Crippen LogP contribution is 2.41. The molecule has 2 aromatic heterocycles. The van der Waals surface area contributed by atoms with E-state index in [4.69, 9.17) is 18.3 Å². The molecule has 0 radical (unpaired) electrons. The molecule has 250 valence electrons. The van der Waals surface area contributed by atoms with E-state index in [1.807, 2.05) is 0 Å². The number of ketones is 2. The first kappa shape index (κ1) is 32.8. The van der Waals surface area contributed by atoms with E-state index < -0.39 is 22.5 Å². The average Bonchev–Trinajstić information content (AvgIpc) is 3.03. The van der Waals surface area contributed by atoms with Crippen LogP contribution in [0.25, 0.3) is 33.1 Å². The van der Waals surface area contributed by atoms with Crippen LogP contribution in [0.15, 0.2) is 79.4 Å². The summed E-state index contributed by atoms with van der Waals surface area (Å²) < 4.78 is 22.7. The number of rotatable bonds is 11. The molecule has 0 unspecified atom stereocenters. The minimum Gasteiger partial charge on any atom is -0.479 e. The number of hydrogen-bond donors (Lipinski definition) is 2. The minimum atomic E-state index is -1.01. The van der Waals surface area contributed by atoms with Gasteiger partial charge in [0.05, 0.1) is 0 Å². The zero-order valence-electron chi connectivity index (χ0n) is 27.7. The number of hydrogen-bond acceptors (Lipinski definition) is 10. The molecular weight excluding hydrogens is 612 g/mol. The third kappa shape index (κ3) is 6.79. The predicted molar refractivity (Wildman–Crippen MR) is 184 cm³/mol. The first-order chi connectivity index (χ1) is 22.9. The molecule has 10 nitrogen and oxygen atoms in total. The zero-order chi connectivity index (χ0) is 34.1. The maximum Gasteiger partial charge on any atom is 0.336 e. The van der Waals surface area contributed by atoms with Crippen LogP contribution in [0, 0.1) is 0 Å². The number of Topliss-reactive ketones (excluding diaryl/α,β-unsaturated/α-hetero) is 2. The van der Waals surface area contributed by atoms with Crippen molar-refractivity contribution < 1.29 is 27.9 Å². The van der Waals surface area contributed by atoms with Gasteiger partial charge in [-0.05, 0) is 76.9 Å². The lowest BCUT2D eigenvalue weighted by Crippen LogP contribution is -2.42. The molecule has 2 aliphatic heterocycles. The summed E-state index contributed by atoms with van der Waals surface area (Å²) in [5, 5.41) is 8.06. The lowest BCUT2D eigenvalue weighted by atomic mass is 9.88. The number of carbonyl (C=O) groups is 2. The number of unbranched alkanes of at least 4 members (excludes halogenated alkanes) is 5. The van der Waals surface area contributed by atoms with Gasteiger partial charge in [-0.3, -0.25) is 9.59 Å². The van der Waals surface area contributed by atoms with Crippen LogP contribution in [0.5, 0.6) is 11.5 Å². The van der Waals surface area contributed by atoms with E-state index in [1.54, 1.807) is 76.5 Å². The van der Waals surface area contributed by atoms with Crippen molar-refractivity contribution in [3.8, 4) is 11.5 Å². The summed E-state index contributed by atoms with van der Waals surface area (Å²) in [4.78, 5) is 49.9. The molecule has 0 fully saturated rings. The predicted octanol–water partition coefficient (Wildman–Crippen LogP) is 6.28. The molecule has 0 spiro atoms. The summed E-state index contributed by atoms with van der Waals surface area (Å²) in [6.07, 6.45) is 9.68. The van der Waals surface area contributed by atoms with E-state index in [0.29, 0.717) is 44.9 Å². The van der Waals surface area contributed by atoms with Crippen LogP contribution in [0.1, 0.15) is 77.3 Å². The fraction of sp³-hybridized carbons (Fsp3) is 0.368. The summed E-state index contributed by atoms with van der Waals surface area (Å²) in [5.74, 6) is 0.882. The van der Waals surface area contributed by atoms with Gasteiger partial charge in [0.15, 0.2) is 11.2 Å². The van der Waals surface area contributed by atoms with Crippen molar-refractivity contribution in [3.05, 3.63) is 92.9 Å². The third-order valence-corrected chi connectivity index (χ3v) is 8.72. The summed E-state index contributed by atoms with van der Waals surface area (Å²) in [6.45, 7) is 8.45. The van der Waals surface area contributed by atoms with Crippen LogP contribution in [0.2, 0.25) is 0 Å². The second kappa shape index (κ2) is 13.2. The lowest BCUT2D eigenvalue weighted by Gasteiger charge is -2.32. The molecule has 4 heterocycles. The molecule has 2 aromatic carbocycles. The van der Waals surface area contributed by atoms with Crippen LogP contribution in [-0.2, 0) is 9.59 Å². The van der Waals surface area contributed by atoms with Gasteiger partial charge in [-0.15, -0.1) is 0 Å². The number of carbonyl (C=O) groups excluding carboxylic acids is 2. The van der Waals surface area contributed by atoms with E-state index in [0.717, 1.165) is 62.4 Å². The second-order valence-electron chi connectivity index (χ2n) is 13.3. The van der Waals surface area contributed by atoms with Gasteiger partial charge in [-0.25, -0.2) is 9.59 Å². The highest BCUT2D eigenvalue weighted by atomic mass is 16.5. The Bertz CT molecular complexity index is 1930. The smallest absolute Gasteiger partial charge is 0.336 e. The molecule has 0 saturated heterocycles. The number of fused-ring (bicyclic) bond motifs is 4. The largest absolute Gasteiger partial charge is 0.479 e. The van der Waals surface area contributed by atoms with E-state index in [1.165, 1.54) is 12.1 Å². The monoisotopic (exact) mass is 652 g/mol. The quantitative estimate of drug-likeness (QED) is 0.108. The second-order valence-corrected chi connectivity index (χ2v) is 13.3. The molecule has 2 N–H and O–H groups in total. The minimum absolute atomic E-state index is 0.139. The van der Waals surface area contributed by atoms with Gasteiger partial charge in [-0.1, -0.05) is 25.7 Å². The van der Waals surface area contributed by atoms with Gasteiger partial charge < -0.3 is 28.9 Å². The summed E-state index contributed by atoms with van der Waals surface area (Å²) in [6, 6.07) is 13.1. The van der Waals surface area contributed by atoms with Crippen molar-refractivity contribution in [2.75, 3.05) is 13.1 Å². The molecule has 0 amide bonds. The molecule has 6 rings (SSSR count). The molecule has 48 heavy (non-hydrogen) atoms. The van der Waals surface area contributed by atoms with Crippen molar-refractivity contribution in [1.29, 1.82) is 0 Å². The molecule has 0 atom stereocenters. The van der Waals surface area contributed by atoms with Crippen molar-refractivity contribution in [2.24, 2.45) is 0 Å². The fourth-order valence-corrected chi connectivity index (χ4v) is 6.11. The summed E-state index contributed by atoms with van der Waals surface area (Å²) in [5.41, 5.74) is 0.127. The van der Waals surface area contributed by atoms with Crippen molar-refractivity contribution >= 4 is 44.7 Å². The fourth-order valence-electron chi connectivity index (χ4n) is 6.11. The average molecular weight is 653 g/mol. The van der Waals surface area contributed by atoms with E-state index in [9.17, 15) is 19.2 Å². The van der Waals surface area contributed by atoms with Gasteiger partial charge in [-0.2, -0.15) is 0 Å². The Morgan fingerprint density at radius 1 is 0.562 bits per heavy atom. The van der Waals surface area contributed by atoms with Crippen molar-refractivity contribution in [3.63, 3.8) is 0 Å². The SMILES string of the molecule is CC1(C)Oc2cc3ccc(=O)oc3cc2C(=CNCCCCCCCCNC=C2C(=O)C(C)(C)Oc3cc4ccc(=O)oc4cc32)C1=O. The van der Waals surface area contributed by atoms with Gasteiger partial charge >= 0.3 is 11.3 Å². The van der Waals surface area contributed by atoms with Crippen LogP contribution < -0.4 is 31.4 Å². The molecule has 0 bridgehead atoms. The normalized spacial score (nSPS) is 18.0. The summed E-state index contributed by atoms with van der Waals surface area (Å²) in [7, 11) is 0. The zero-order valence-corrected chi connectivity index (χ0v) is 27.7. The van der Waals surface area contributed by atoms with Crippen LogP contribution in [-0.4, -0.2) is 35.9 Å². The Kier molecular flexibility index (Phi) is 9.01. The number of nitrogens with one attached hydrogen (secondary N) is 2. The Morgan fingerprint density at radius 3 is 1.38 bits per heavy atom. The van der Waals surface area contributed by atoms with E-state index in [2.05, 4.69) is 10.6 Å². The Labute approximate surface area is 277 Å². The van der Waals surface area contributed by atoms with Gasteiger partial charge in [0.2, 0.25) is 11.6 Å². The van der Waals surface area contributed by atoms with Gasteiger partial charge in [0, 0.05) is 70.7 Å².